The molecule has 0 radical (unpaired) electrons. The number of carboxylic acid groups (broad SMARTS) is 2. The summed E-state index contributed by atoms with van der Waals surface area (Å²) in [4.78, 5) is 63.0. The smallest absolute Gasteiger partial charge is 0.317 e. The first kappa shape index (κ1) is 28.3. The maximum atomic E-state index is 11.9. The number of amides is 1. The molecule has 1 aliphatic heterocycles. The third-order valence-electron chi connectivity index (χ3n) is 5.53. The van der Waals surface area contributed by atoms with E-state index in [-0.39, 0.29) is 45.5 Å². The van der Waals surface area contributed by atoms with Gasteiger partial charge in [0.15, 0.2) is 0 Å². The minimum absolute atomic E-state index is 0.0369. The minimum Gasteiger partial charge on any atom is -0.480 e. The summed E-state index contributed by atoms with van der Waals surface area (Å²) in [6.45, 7) is 0.615. The lowest BCUT2D eigenvalue weighted by Gasteiger charge is -2.45. The summed E-state index contributed by atoms with van der Waals surface area (Å²) in [5.74, 6) is -2.21. The molecule has 1 heterocycles. The van der Waals surface area contributed by atoms with E-state index in [1.807, 2.05) is 0 Å². The number of unbranched alkanes of at least 4 members (excludes halogenated alkanes) is 1. The molecule has 0 aromatic rings. The summed E-state index contributed by atoms with van der Waals surface area (Å²) in [5.41, 5.74) is -0.944. The van der Waals surface area contributed by atoms with Crippen LogP contribution in [0.15, 0.2) is 0 Å². The zero-order valence-electron chi connectivity index (χ0n) is 19.2. The van der Waals surface area contributed by atoms with Gasteiger partial charge in [-0.3, -0.25) is 38.7 Å². The Hall–Kier alpha value is -2.77. The van der Waals surface area contributed by atoms with Crippen LogP contribution in [0.4, 0.5) is 0 Å². The lowest BCUT2D eigenvalue weighted by molar-refractivity contribution is -0.151. The van der Waals surface area contributed by atoms with Crippen LogP contribution < -0.4 is 0 Å². The van der Waals surface area contributed by atoms with Gasteiger partial charge in [-0.05, 0) is 12.8 Å². The van der Waals surface area contributed by atoms with Gasteiger partial charge in [-0.25, -0.2) is 0 Å². The maximum Gasteiger partial charge on any atom is 0.317 e. The Kier molecular flexibility index (Phi) is 12.3. The zero-order valence-corrected chi connectivity index (χ0v) is 19.2. The molecule has 1 saturated heterocycles. The summed E-state index contributed by atoms with van der Waals surface area (Å²) in [6, 6.07) is 0. The molecule has 1 unspecified atom stereocenters. The lowest BCUT2D eigenvalue weighted by atomic mass is 9.88. The summed E-state index contributed by atoms with van der Waals surface area (Å²) < 4.78 is 9.81. The Morgan fingerprint density at radius 3 is 2.18 bits per heavy atom. The van der Waals surface area contributed by atoms with Gasteiger partial charge in [0.05, 0.1) is 18.6 Å². The molecule has 0 aliphatic carbocycles. The molecule has 0 aromatic heterocycles. The normalized spacial score (nSPS) is 19.5. The van der Waals surface area contributed by atoms with Gasteiger partial charge in [-0.1, -0.05) is 6.42 Å². The second-order valence-corrected chi connectivity index (χ2v) is 8.25. The van der Waals surface area contributed by atoms with Gasteiger partial charge >= 0.3 is 11.9 Å². The van der Waals surface area contributed by atoms with Crippen LogP contribution in [0.1, 0.15) is 25.7 Å². The first-order chi connectivity index (χ1) is 15.6. The summed E-state index contributed by atoms with van der Waals surface area (Å²) >= 11 is 0. The zero-order chi connectivity index (χ0) is 24.9. The van der Waals surface area contributed by atoms with Crippen molar-refractivity contribution in [3.8, 4) is 0 Å². The van der Waals surface area contributed by atoms with Crippen molar-refractivity contribution in [3.05, 3.63) is 0 Å². The molecule has 188 valence electrons. The monoisotopic (exact) mass is 474 g/mol. The van der Waals surface area contributed by atoms with Gasteiger partial charge in [0, 0.05) is 46.7 Å². The molecule has 0 aromatic carbocycles. The molecule has 13 nitrogen and oxygen atoms in total. The van der Waals surface area contributed by atoms with Crippen molar-refractivity contribution in [2.75, 3.05) is 66.8 Å². The Balaban J connectivity index is 3.25. The van der Waals surface area contributed by atoms with E-state index in [1.165, 1.54) is 9.80 Å². The molecule has 33 heavy (non-hydrogen) atoms. The Labute approximate surface area is 192 Å². The first-order valence-corrected chi connectivity index (χ1v) is 10.6. The van der Waals surface area contributed by atoms with Crippen LogP contribution in [-0.2, 0) is 33.4 Å². The molecule has 0 spiro atoms. The van der Waals surface area contributed by atoms with Crippen molar-refractivity contribution in [1.29, 1.82) is 0 Å². The van der Waals surface area contributed by atoms with Crippen LogP contribution in [-0.4, -0.2) is 133 Å². The fraction of sp³-hybridized carbons (Fsp3) is 0.750. The highest BCUT2D eigenvalue weighted by atomic mass is 16.5. The van der Waals surface area contributed by atoms with Gasteiger partial charge in [-0.15, -0.1) is 0 Å². The van der Waals surface area contributed by atoms with Crippen LogP contribution in [0.2, 0.25) is 0 Å². The second-order valence-electron chi connectivity index (χ2n) is 8.25. The van der Waals surface area contributed by atoms with Crippen molar-refractivity contribution in [2.45, 2.75) is 31.2 Å². The van der Waals surface area contributed by atoms with Gasteiger partial charge in [0.25, 0.3) is 12.9 Å². The van der Waals surface area contributed by atoms with Crippen molar-refractivity contribution >= 4 is 30.8 Å². The highest BCUT2D eigenvalue weighted by Gasteiger charge is 2.43. The summed E-state index contributed by atoms with van der Waals surface area (Å²) in [6.07, 6.45) is 1.79. The average Bonchev–Trinajstić information content (AvgIpc) is 2.91. The predicted octanol–water partition coefficient (Wildman–Crippen LogP) is -1.28. The number of hydrogen-bond acceptors (Lipinski definition) is 10. The second kappa shape index (κ2) is 14.4. The molecule has 0 saturated carbocycles. The van der Waals surface area contributed by atoms with E-state index < -0.39 is 24.0 Å². The molecule has 13 heteroatoms. The molecule has 2 N–H and O–H groups in total. The van der Waals surface area contributed by atoms with Crippen molar-refractivity contribution in [3.63, 3.8) is 0 Å². The van der Waals surface area contributed by atoms with Crippen molar-refractivity contribution < 1.29 is 43.7 Å². The van der Waals surface area contributed by atoms with Crippen molar-refractivity contribution in [1.82, 2.24) is 19.6 Å². The highest BCUT2D eigenvalue weighted by Crippen LogP contribution is 2.28. The Bertz CT molecular complexity index is 676. The number of aliphatic carboxylic acids is 2. The summed E-state index contributed by atoms with van der Waals surface area (Å²) in [5, 5.41) is 18.8. The fourth-order valence-corrected chi connectivity index (χ4v) is 4.00. The molecule has 1 atom stereocenters. The van der Waals surface area contributed by atoms with Gasteiger partial charge < -0.3 is 24.6 Å². The number of carbonyl (C=O) groups is 5. The van der Waals surface area contributed by atoms with Gasteiger partial charge in [0.1, 0.15) is 13.5 Å². The topological polar surface area (TPSA) is 157 Å². The van der Waals surface area contributed by atoms with E-state index in [2.05, 4.69) is 0 Å². The quantitative estimate of drug-likeness (QED) is 0.155. The fourth-order valence-electron chi connectivity index (χ4n) is 4.00. The molecule has 1 aliphatic rings. The molecule has 1 rings (SSSR count). The van der Waals surface area contributed by atoms with E-state index in [0.717, 1.165) is 0 Å². The van der Waals surface area contributed by atoms with Crippen LogP contribution in [0.5, 0.6) is 0 Å². The highest BCUT2D eigenvalue weighted by molar-refractivity contribution is 5.75. The maximum absolute atomic E-state index is 11.9. The number of nitrogens with zero attached hydrogens (tertiary/aromatic N) is 4. The molecule has 1 fully saturated rings. The van der Waals surface area contributed by atoms with Gasteiger partial charge in [0.2, 0.25) is 5.91 Å². The van der Waals surface area contributed by atoms with E-state index in [9.17, 15) is 34.2 Å². The van der Waals surface area contributed by atoms with Crippen LogP contribution >= 0.6 is 0 Å². The van der Waals surface area contributed by atoms with E-state index in [4.69, 9.17) is 9.47 Å². The van der Waals surface area contributed by atoms with Crippen LogP contribution in [0, 0.1) is 0 Å². The third kappa shape index (κ3) is 10.1. The first-order valence-electron chi connectivity index (χ1n) is 10.6. The minimum atomic E-state index is -1.14. The molecule has 0 bridgehead atoms. The largest absolute Gasteiger partial charge is 0.480 e. The number of carboxylic acids is 2. The van der Waals surface area contributed by atoms with E-state index >= 15 is 0 Å². The van der Waals surface area contributed by atoms with Gasteiger partial charge in [-0.2, -0.15) is 0 Å². The predicted molar refractivity (Wildman–Crippen MR) is 114 cm³/mol. The van der Waals surface area contributed by atoms with E-state index in [1.54, 1.807) is 23.9 Å². The molecule has 1 amide bonds. The number of ether oxygens (including phenoxy) is 2. The SMILES string of the molecule is CN(C)C(=O)CCCCC1(N(COC=O)CC(=O)O)CN(COC=O)CCN(CC(=O)O)C1. The Morgan fingerprint density at radius 1 is 0.970 bits per heavy atom. The van der Waals surface area contributed by atoms with Crippen molar-refractivity contribution in [2.24, 2.45) is 0 Å². The number of carbonyl (C=O) groups excluding carboxylic acids is 3. The standard InChI is InChI=1S/C20H34N4O9/c1-21(2)17(27)5-3-4-6-20(24(10-19(30)31)14-33-16-26)11-22(9-18(28)29)7-8-23(12-20)13-32-15-25/h15-16H,3-14H2,1-2H3,(H,28,29)(H,30,31). The molecular weight excluding hydrogens is 440 g/mol. The van der Waals surface area contributed by atoms with Crippen LogP contribution in [0.25, 0.3) is 0 Å². The Morgan fingerprint density at radius 2 is 1.61 bits per heavy atom. The lowest BCUT2D eigenvalue weighted by Crippen LogP contribution is -2.61. The summed E-state index contributed by atoms with van der Waals surface area (Å²) in [7, 11) is 3.32. The molecular formula is C20H34N4O9. The van der Waals surface area contributed by atoms with Crippen LogP contribution in [0.3, 0.4) is 0 Å². The third-order valence-corrected chi connectivity index (χ3v) is 5.53. The van der Waals surface area contributed by atoms with E-state index in [0.29, 0.717) is 45.2 Å². The number of rotatable bonds is 16. The average molecular weight is 475 g/mol. The number of hydrogen-bond donors (Lipinski definition) is 2.